The summed E-state index contributed by atoms with van der Waals surface area (Å²) in [5, 5.41) is 13.1. The van der Waals surface area contributed by atoms with E-state index in [0.717, 1.165) is 37.2 Å². The summed E-state index contributed by atoms with van der Waals surface area (Å²) >= 11 is 0. The molecule has 1 atom stereocenters. The smallest absolute Gasteiger partial charge is 0.326 e. The molecule has 1 aliphatic rings. The normalized spacial score (nSPS) is 12.6. The lowest BCUT2D eigenvalue weighted by molar-refractivity contribution is -0.137. The Morgan fingerprint density at radius 1 is 0.766 bits per heavy atom. The first kappa shape index (κ1) is 31.6. The fraction of sp³-hybridized carbons (Fsp3) is 0.220. The van der Waals surface area contributed by atoms with E-state index in [0.29, 0.717) is 23.4 Å². The number of benzene rings is 5. The average molecular weight is 625 g/mol. The second-order valence-corrected chi connectivity index (χ2v) is 12.0. The molecule has 2 N–H and O–H groups in total. The van der Waals surface area contributed by atoms with Gasteiger partial charge in [0.05, 0.1) is 6.61 Å². The standard InChI is InChI=1S/C41H40N2O4/c44-40(33-13-5-2-6-14-33)37-17-7-8-18-38(37)42-39(41(45)46)27-30-19-23-36(24-20-30)47-26-10-25-43(29-31-11-3-1-4-12-31)35-22-21-32-15-9-16-34(32)28-35/h1-8,11-14,17-24,28,39,42H,9-10,15-16,25-27,29H2,(H,45,46)/t39-/m0/s1. The van der Waals surface area contributed by atoms with Crippen LogP contribution in [0.15, 0.2) is 127 Å². The number of hydrogen-bond donors (Lipinski definition) is 2. The van der Waals surface area contributed by atoms with E-state index in [-0.39, 0.29) is 12.2 Å². The van der Waals surface area contributed by atoms with Gasteiger partial charge in [0, 0.05) is 42.0 Å². The van der Waals surface area contributed by atoms with Gasteiger partial charge in [-0.3, -0.25) is 4.79 Å². The minimum atomic E-state index is -0.990. The number of carboxylic acid groups (broad SMARTS) is 1. The van der Waals surface area contributed by atoms with Crippen LogP contribution in [-0.4, -0.2) is 36.1 Å². The van der Waals surface area contributed by atoms with Crippen molar-refractivity contribution < 1.29 is 19.4 Å². The highest BCUT2D eigenvalue weighted by Crippen LogP contribution is 2.28. The Bertz CT molecular complexity index is 1790. The molecule has 6 rings (SSSR count). The van der Waals surface area contributed by atoms with Crippen LogP contribution in [0.25, 0.3) is 0 Å². The molecule has 0 heterocycles. The van der Waals surface area contributed by atoms with Crippen molar-refractivity contribution in [1.29, 1.82) is 0 Å². The quantitative estimate of drug-likeness (QED) is 0.0908. The Balaban J connectivity index is 1.05. The van der Waals surface area contributed by atoms with Crippen molar-refractivity contribution in [3.63, 3.8) is 0 Å². The molecular formula is C41H40N2O4. The SMILES string of the molecule is O=C(c1ccccc1)c1ccccc1N[C@@H](Cc1ccc(OCCCN(Cc2ccccc2)c2ccc3c(c2)CCC3)cc1)C(=O)O. The molecule has 47 heavy (non-hydrogen) atoms. The number of carboxylic acids is 1. The summed E-state index contributed by atoms with van der Waals surface area (Å²) in [5.41, 5.74) is 7.83. The van der Waals surface area contributed by atoms with E-state index >= 15 is 0 Å². The predicted molar refractivity (Wildman–Crippen MR) is 188 cm³/mol. The van der Waals surface area contributed by atoms with Gasteiger partial charge in [0.2, 0.25) is 0 Å². The molecule has 5 aromatic rings. The van der Waals surface area contributed by atoms with Crippen molar-refractivity contribution in [3.05, 3.63) is 161 Å². The molecule has 0 saturated carbocycles. The lowest BCUT2D eigenvalue weighted by atomic mass is 10.00. The van der Waals surface area contributed by atoms with E-state index in [4.69, 9.17) is 4.74 Å². The van der Waals surface area contributed by atoms with Gasteiger partial charge in [-0.15, -0.1) is 0 Å². The van der Waals surface area contributed by atoms with Gasteiger partial charge in [-0.05, 0) is 84.3 Å². The summed E-state index contributed by atoms with van der Waals surface area (Å²) in [4.78, 5) is 27.8. The first-order valence-electron chi connectivity index (χ1n) is 16.3. The van der Waals surface area contributed by atoms with E-state index in [1.165, 1.54) is 35.2 Å². The molecular weight excluding hydrogens is 584 g/mol. The number of ether oxygens (including phenoxy) is 1. The summed E-state index contributed by atoms with van der Waals surface area (Å²) < 4.78 is 6.11. The maximum Gasteiger partial charge on any atom is 0.326 e. The van der Waals surface area contributed by atoms with E-state index < -0.39 is 12.0 Å². The van der Waals surface area contributed by atoms with Crippen molar-refractivity contribution in [3.8, 4) is 5.75 Å². The van der Waals surface area contributed by atoms with Crippen molar-refractivity contribution in [2.45, 2.75) is 44.7 Å². The zero-order valence-corrected chi connectivity index (χ0v) is 26.5. The zero-order valence-electron chi connectivity index (χ0n) is 26.5. The molecule has 0 fully saturated rings. The maximum atomic E-state index is 13.2. The predicted octanol–water partition coefficient (Wildman–Crippen LogP) is 7.99. The molecule has 0 radical (unpaired) electrons. The minimum Gasteiger partial charge on any atom is -0.494 e. The van der Waals surface area contributed by atoms with E-state index in [9.17, 15) is 14.7 Å². The molecule has 0 aliphatic heterocycles. The number of rotatable bonds is 15. The topological polar surface area (TPSA) is 78.9 Å². The highest BCUT2D eigenvalue weighted by Gasteiger charge is 2.21. The Morgan fingerprint density at radius 2 is 1.47 bits per heavy atom. The summed E-state index contributed by atoms with van der Waals surface area (Å²) in [5.74, 6) is -0.398. The summed E-state index contributed by atoms with van der Waals surface area (Å²) in [7, 11) is 0. The molecule has 0 unspecified atom stereocenters. The van der Waals surface area contributed by atoms with Crippen LogP contribution in [0.1, 0.15) is 51.0 Å². The first-order valence-corrected chi connectivity index (χ1v) is 16.3. The van der Waals surface area contributed by atoms with Gasteiger partial charge in [-0.1, -0.05) is 91.0 Å². The third-order valence-electron chi connectivity index (χ3n) is 8.70. The van der Waals surface area contributed by atoms with E-state index in [2.05, 4.69) is 58.7 Å². The second-order valence-electron chi connectivity index (χ2n) is 12.0. The highest BCUT2D eigenvalue weighted by atomic mass is 16.5. The van der Waals surface area contributed by atoms with Gasteiger partial charge in [0.1, 0.15) is 11.8 Å². The lowest BCUT2D eigenvalue weighted by Gasteiger charge is -2.26. The van der Waals surface area contributed by atoms with Crippen LogP contribution >= 0.6 is 0 Å². The monoisotopic (exact) mass is 624 g/mol. The molecule has 6 nitrogen and oxygen atoms in total. The molecule has 0 bridgehead atoms. The minimum absolute atomic E-state index is 0.158. The highest BCUT2D eigenvalue weighted by molar-refractivity contribution is 6.12. The number of para-hydroxylation sites is 1. The Kier molecular flexibility index (Phi) is 10.3. The van der Waals surface area contributed by atoms with Gasteiger partial charge < -0.3 is 20.1 Å². The van der Waals surface area contributed by atoms with Crippen molar-refractivity contribution in [1.82, 2.24) is 0 Å². The number of nitrogens with zero attached hydrogens (tertiary/aromatic N) is 1. The van der Waals surface area contributed by atoms with E-state index in [1.807, 2.05) is 42.5 Å². The van der Waals surface area contributed by atoms with Gasteiger partial charge in [0.15, 0.2) is 5.78 Å². The summed E-state index contributed by atoms with van der Waals surface area (Å²) in [6, 6.07) is 40.2. The molecule has 6 heteroatoms. The van der Waals surface area contributed by atoms with Gasteiger partial charge in [-0.2, -0.15) is 0 Å². The Hall–Kier alpha value is -5.36. The third-order valence-corrected chi connectivity index (χ3v) is 8.70. The van der Waals surface area contributed by atoms with Crippen LogP contribution < -0.4 is 15.0 Å². The number of anilines is 2. The molecule has 238 valence electrons. The Morgan fingerprint density at radius 3 is 2.23 bits per heavy atom. The van der Waals surface area contributed by atoms with Gasteiger partial charge in [-0.25, -0.2) is 4.79 Å². The molecule has 0 aromatic heterocycles. The molecule has 1 aliphatic carbocycles. The fourth-order valence-corrected chi connectivity index (χ4v) is 6.20. The largest absolute Gasteiger partial charge is 0.494 e. The molecule has 0 spiro atoms. The number of carbonyl (C=O) groups excluding carboxylic acids is 1. The van der Waals surface area contributed by atoms with Crippen LogP contribution in [0.4, 0.5) is 11.4 Å². The van der Waals surface area contributed by atoms with Crippen LogP contribution in [0, 0.1) is 0 Å². The maximum absolute atomic E-state index is 13.2. The molecule has 5 aromatic carbocycles. The van der Waals surface area contributed by atoms with Crippen LogP contribution in [-0.2, 0) is 30.6 Å². The van der Waals surface area contributed by atoms with Crippen molar-refractivity contribution in [2.24, 2.45) is 0 Å². The van der Waals surface area contributed by atoms with Crippen LogP contribution in [0.3, 0.4) is 0 Å². The fourth-order valence-electron chi connectivity index (χ4n) is 6.20. The van der Waals surface area contributed by atoms with E-state index in [1.54, 1.807) is 36.4 Å². The first-order chi connectivity index (χ1) is 23.0. The number of nitrogens with one attached hydrogen (secondary N) is 1. The van der Waals surface area contributed by atoms with Crippen LogP contribution in [0.5, 0.6) is 5.75 Å². The summed E-state index contributed by atoms with van der Waals surface area (Å²) in [6.45, 7) is 2.28. The summed E-state index contributed by atoms with van der Waals surface area (Å²) in [6.07, 6.45) is 4.68. The number of ketones is 1. The lowest BCUT2D eigenvalue weighted by Crippen LogP contribution is -2.32. The number of fused-ring (bicyclic) bond motifs is 1. The second kappa shape index (κ2) is 15.3. The van der Waals surface area contributed by atoms with Crippen molar-refractivity contribution in [2.75, 3.05) is 23.4 Å². The molecule has 0 saturated heterocycles. The third kappa shape index (κ3) is 8.27. The zero-order chi connectivity index (χ0) is 32.4. The average Bonchev–Trinajstić information content (AvgIpc) is 3.59. The van der Waals surface area contributed by atoms with Gasteiger partial charge in [0.25, 0.3) is 0 Å². The Labute approximate surface area is 276 Å². The van der Waals surface area contributed by atoms with Gasteiger partial charge >= 0.3 is 5.97 Å². The molecule has 0 amide bonds. The number of aryl methyl sites for hydroxylation is 2. The number of carbonyl (C=O) groups is 2. The van der Waals surface area contributed by atoms with Crippen molar-refractivity contribution >= 4 is 23.1 Å². The van der Waals surface area contributed by atoms with Crippen LogP contribution in [0.2, 0.25) is 0 Å². The number of hydrogen-bond acceptors (Lipinski definition) is 5. The number of aliphatic carboxylic acids is 1.